The van der Waals surface area contributed by atoms with Gasteiger partial charge in [0.25, 0.3) is 0 Å². The summed E-state index contributed by atoms with van der Waals surface area (Å²) in [4.78, 5) is 8.09. The van der Waals surface area contributed by atoms with E-state index in [2.05, 4.69) is 68.9 Å². The number of nitrogens with zero attached hydrogens (tertiary/aromatic N) is 5. The maximum atomic E-state index is 4.19. The summed E-state index contributed by atoms with van der Waals surface area (Å²) in [6.07, 6.45) is 8.84. The normalized spacial score (nSPS) is 10.9. The second kappa shape index (κ2) is 7.76. The molecule has 0 aliphatic carbocycles. The highest BCUT2D eigenvalue weighted by Crippen LogP contribution is 2.12. The van der Waals surface area contributed by atoms with Crippen molar-refractivity contribution < 1.29 is 0 Å². The summed E-state index contributed by atoms with van der Waals surface area (Å²) in [7, 11) is 0. The molecule has 0 aliphatic heterocycles. The van der Waals surface area contributed by atoms with Gasteiger partial charge in [0.2, 0.25) is 0 Å². The average Bonchev–Trinajstić information content (AvgIpc) is 3.38. The van der Waals surface area contributed by atoms with E-state index in [0.717, 1.165) is 25.3 Å². The van der Waals surface area contributed by atoms with Crippen molar-refractivity contribution in [2.75, 3.05) is 0 Å². The summed E-state index contributed by atoms with van der Waals surface area (Å²) >= 11 is 0. The van der Waals surface area contributed by atoms with Gasteiger partial charge < -0.3 is 9.88 Å². The minimum Gasteiger partial charge on any atom is -0.309 e. The molecule has 4 aromatic rings. The van der Waals surface area contributed by atoms with Crippen molar-refractivity contribution in [2.45, 2.75) is 19.6 Å². The summed E-state index contributed by atoms with van der Waals surface area (Å²) in [5, 5.41) is 7.72. The first kappa shape index (κ1) is 16.2. The van der Waals surface area contributed by atoms with Crippen LogP contribution in [0, 0.1) is 0 Å². The van der Waals surface area contributed by atoms with Crippen LogP contribution in [0.2, 0.25) is 0 Å². The zero-order valence-electron chi connectivity index (χ0n) is 14.4. The van der Waals surface area contributed by atoms with Crippen molar-refractivity contribution >= 4 is 0 Å². The van der Waals surface area contributed by atoms with E-state index >= 15 is 0 Å². The van der Waals surface area contributed by atoms with E-state index < -0.39 is 0 Å². The second-order valence-electron chi connectivity index (χ2n) is 6.10. The number of hydrogen-bond acceptors (Lipinski definition) is 4. The van der Waals surface area contributed by atoms with Gasteiger partial charge in [-0.2, -0.15) is 5.10 Å². The molecule has 0 fully saturated rings. The average molecular weight is 344 g/mol. The largest absolute Gasteiger partial charge is 0.309 e. The molecule has 0 saturated carbocycles. The first-order valence-electron chi connectivity index (χ1n) is 8.56. The van der Waals surface area contributed by atoms with E-state index in [1.807, 2.05) is 15.4 Å². The van der Waals surface area contributed by atoms with Gasteiger partial charge in [0.1, 0.15) is 12.7 Å². The molecule has 0 unspecified atom stereocenters. The first-order valence-corrected chi connectivity index (χ1v) is 8.56. The van der Waals surface area contributed by atoms with Crippen LogP contribution in [0.5, 0.6) is 0 Å². The summed E-state index contributed by atoms with van der Waals surface area (Å²) in [6.45, 7) is 2.37. The molecular formula is C20H20N6. The minimum atomic E-state index is 0.734. The van der Waals surface area contributed by atoms with E-state index in [-0.39, 0.29) is 0 Å². The van der Waals surface area contributed by atoms with E-state index in [9.17, 15) is 0 Å². The number of rotatable bonds is 7. The third-order valence-electron chi connectivity index (χ3n) is 4.30. The van der Waals surface area contributed by atoms with Crippen LogP contribution < -0.4 is 5.32 Å². The number of nitrogens with one attached hydrogen (secondary N) is 1. The van der Waals surface area contributed by atoms with Gasteiger partial charge in [-0.3, -0.25) is 0 Å². The number of benzene rings is 2. The third kappa shape index (κ3) is 3.87. The SMILES string of the molecule is c1ccc(Cn2cncn2)c(CNCc2ccc(-n3ccnc3)cc2)c1. The minimum absolute atomic E-state index is 0.734. The standard InChI is InChI=1S/C20H20N6/c1-2-4-19(13-26-16-23-14-24-26)18(3-1)12-22-11-17-5-7-20(8-6-17)25-10-9-21-15-25/h1-10,14-16,22H,11-13H2. The first-order chi connectivity index (χ1) is 12.9. The molecule has 0 atom stereocenters. The Morgan fingerprint density at radius 3 is 2.42 bits per heavy atom. The van der Waals surface area contributed by atoms with Gasteiger partial charge in [0.15, 0.2) is 0 Å². The molecular weight excluding hydrogens is 324 g/mol. The zero-order chi connectivity index (χ0) is 17.6. The van der Waals surface area contributed by atoms with Crippen LogP contribution in [-0.2, 0) is 19.6 Å². The fourth-order valence-electron chi connectivity index (χ4n) is 2.91. The van der Waals surface area contributed by atoms with Gasteiger partial charge in [-0.05, 0) is 28.8 Å². The summed E-state index contributed by atoms with van der Waals surface area (Å²) in [5.41, 5.74) is 4.89. The van der Waals surface area contributed by atoms with E-state index in [1.165, 1.54) is 16.7 Å². The topological polar surface area (TPSA) is 60.6 Å². The number of aromatic nitrogens is 5. The molecule has 2 heterocycles. The predicted octanol–water partition coefficient (Wildman–Crippen LogP) is 2.80. The Kier molecular flexibility index (Phi) is 4.84. The van der Waals surface area contributed by atoms with Gasteiger partial charge in [-0.15, -0.1) is 0 Å². The quantitative estimate of drug-likeness (QED) is 0.560. The lowest BCUT2D eigenvalue weighted by molar-refractivity contribution is 0.655. The van der Waals surface area contributed by atoms with Crippen LogP contribution in [0.3, 0.4) is 0 Å². The van der Waals surface area contributed by atoms with E-state index in [1.54, 1.807) is 25.2 Å². The molecule has 130 valence electrons. The molecule has 6 heteroatoms. The molecule has 2 aromatic carbocycles. The lowest BCUT2D eigenvalue weighted by Gasteiger charge is -2.11. The predicted molar refractivity (Wildman–Crippen MR) is 99.7 cm³/mol. The molecule has 0 amide bonds. The molecule has 0 spiro atoms. The molecule has 6 nitrogen and oxygen atoms in total. The Bertz CT molecular complexity index is 927. The fraction of sp³-hybridized carbons (Fsp3) is 0.150. The molecule has 4 rings (SSSR count). The lowest BCUT2D eigenvalue weighted by atomic mass is 10.1. The Balaban J connectivity index is 1.36. The van der Waals surface area contributed by atoms with Crippen molar-refractivity contribution in [3.8, 4) is 5.69 Å². The maximum Gasteiger partial charge on any atom is 0.137 e. The molecule has 1 N–H and O–H groups in total. The Morgan fingerprint density at radius 1 is 0.846 bits per heavy atom. The summed E-state index contributed by atoms with van der Waals surface area (Å²) in [6, 6.07) is 16.9. The molecule has 0 bridgehead atoms. The van der Waals surface area contributed by atoms with Crippen molar-refractivity contribution in [1.29, 1.82) is 0 Å². The third-order valence-corrected chi connectivity index (χ3v) is 4.30. The van der Waals surface area contributed by atoms with Crippen LogP contribution in [0.4, 0.5) is 0 Å². The van der Waals surface area contributed by atoms with Crippen LogP contribution in [0.25, 0.3) is 5.69 Å². The van der Waals surface area contributed by atoms with Gasteiger partial charge in [0, 0.05) is 31.2 Å². The zero-order valence-corrected chi connectivity index (χ0v) is 14.4. The van der Waals surface area contributed by atoms with Crippen molar-refractivity contribution in [3.63, 3.8) is 0 Å². The molecule has 26 heavy (non-hydrogen) atoms. The van der Waals surface area contributed by atoms with Crippen LogP contribution >= 0.6 is 0 Å². The van der Waals surface area contributed by atoms with Gasteiger partial charge >= 0.3 is 0 Å². The van der Waals surface area contributed by atoms with Gasteiger partial charge in [-0.25, -0.2) is 14.6 Å². The highest BCUT2D eigenvalue weighted by molar-refractivity contribution is 5.34. The molecule has 0 saturated heterocycles. The Hall–Kier alpha value is -3.25. The van der Waals surface area contributed by atoms with Crippen LogP contribution in [0.1, 0.15) is 16.7 Å². The fourth-order valence-corrected chi connectivity index (χ4v) is 2.91. The van der Waals surface area contributed by atoms with Crippen LogP contribution in [-0.4, -0.2) is 24.3 Å². The van der Waals surface area contributed by atoms with E-state index in [0.29, 0.717) is 0 Å². The van der Waals surface area contributed by atoms with E-state index in [4.69, 9.17) is 0 Å². The second-order valence-corrected chi connectivity index (χ2v) is 6.10. The molecule has 2 aromatic heterocycles. The summed E-state index contributed by atoms with van der Waals surface area (Å²) < 4.78 is 3.84. The Morgan fingerprint density at radius 2 is 1.69 bits per heavy atom. The van der Waals surface area contributed by atoms with Crippen molar-refractivity contribution in [3.05, 3.63) is 96.6 Å². The number of imidazole rings is 1. The Labute approximate surface area is 152 Å². The monoisotopic (exact) mass is 344 g/mol. The molecule has 0 aliphatic rings. The molecule has 0 radical (unpaired) electrons. The maximum absolute atomic E-state index is 4.19. The highest BCUT2D eigenvalue weighted by Gasteiger charge is 2.03. The van der Waals surface area contributed by atoms with Gasteiger partial charge in [0.05, 0.1) is 12.9 Å². The lowest BCUT2D eigenvalue weighted by Crippen LogP contribution is -2.15. The number of hydrogen-bond donors (Lipinski definition) is 1. The van der Waals surface area contributed by atoms with Crippen molar-refractivity contribution in [1.82, 2.24) is 29.6 Å². The van der Waals surface area contributed by atoms with Crippen LogP contribution in [0.15, 0.2) is 79.9 Å². The summed E-state index contributed by atoms with van der Waals surface area (Å²) in [5.74, 6) is 0. The highest BCUT2D eigenvalue weighted by atomic mass is 15.3. The van der Waals surface area contributed by atoms with Gasteiger partial charge in [-0.1, -0.05) is 36.4 Å². The van der Waals surface area contributed by atoms with Crippen molar-refractivity contribution in [2.24, 2.45) is 0 Å². The smallest absolute Gasteiger partial charge is 0.137 e.